The molecular weight excluding hydrogens is 435 g/mol. The summed E-state index contributed by atoms with van der Waals surface area (Å²) in [5, 5.41) is 8.27. The maximum Gasteiger partial charge on any atom is 0.254 e. The first-order valence-electron chi connectivity index (χ1n) is 10.2. The van der Waals surface area contributed by atoms with E-state index < -0.39 is 23.7 Å². The number of nitrogens with one attached hydrogen (secondary N) is 3. The zero-order valence-electron chi connectivity index (χ0n) is 18.5. The highest BCUT2D eigenvalue weighted by atomic mass is 35.5. The van der Waals surface area contributed by atoms with Crippen molar-refractivity contribution in [2.75, 3.05) is 32.5 Å². The van der Waals surface area contributed by atoms with Crippen molar-refractivity contribution in [2.24, 2.45) is 5.92 Å². The Kier molecular flexibility index (Phi) is 9.16. The topological polar surface area (TPSA) is 90.5 Å². The van der Waals surface area contributed by atoms with Crippen molar-refractivity contribution in [1.82, 2.24) is 15.5 Å². The van der Waals surface area contributed by atoms with Crippen molar-refractivity contribution in [3.63, 3.8) is 0 Å². The molecule has 0 aliphatic carbocycles. The lowest BCUT2D eigenvalue weighted by molar-refractivity contribution is -0.118. The van der Waals surface area contributed by atoms with E-state index in [-0.39, 0.29) is 28.1 Å². The highest BCUT2D eigenvalue weighted by Gasteiger charge is 2.26. The zero-order valence-corrected chi connectivity index (χ0v) is 19.3. The lowest BCUT2D eigenvalue weighted by Crippen LogP contribution is -2.47. The fourth-order valence-electron chi connectivity index (χ4n) is 2.87. The molecule has 9 heteroatoms. The minimum absolute atomic E-state index is 0.152. The molecule has 0 saturated carbocycles. The summed E-state index contributed by atoms with van der Waals surface area (Å²) >= 11 is 6.21. The highest BCUT2D eigenvalue weighted by molar-refractivity contribution is 6.34. The van der Waals surface area contributed by atoms with E-state index in [0.29, 0.717) is 18.7 Å². The Morgan fingerprint density at radius 3 is 2.38 bits per heavy atom. The van der Waals surface area contributed by atoms with Crippen molar-refractivity contribution >= 4 is 35.0 Å². The van der Waals surface area contributed by atoms with Gasteiger partial charge in [-0.3, -0.25) is 14.4 Å². The van der Waals surface area contributed by atoms with E-state index in [0.717, 1.165) is 0 Å². The third-order valence-electron chi connectivity index (χ3n) is 4.69. The molecule has 7 nitrogen and oxygen atoms in total. The first-order valence-corrected chi connectivity index (χ1v) is 10.6. The number of hydrogen-bond donors (Lipinski definition) is 3. The average Bonchev–Trinajstić information content (AvgIpc) is 2.73. The molecule has 0 fully saturated rings. The molecule has 2 aromatic rings. The summed E-state index contributed by atoms with van der Waals surface area (Å²) < 4.78 is 13.9. The standard InChI is InChI=1S/C23H28ClFN4O3/c1-14(2)20(28-22(31)16-7-5-6-8-18(16)25)23(32)27-19-13-15(9-10-17(19)24)21(30)26-11-12-29(3)4/h5-10,13-14,20H,11-12H2,1-4H3,(H,26,30)(H,27,32)(H,28,31)/t20-/m1/s1. The predicted octanol–water partition coefficient (Wildman–Crippen LogP) is 3.16. The molecule has 172 valence electrons. The van der Waals surface area contributed by atoms with Crippen LogP contribution in [0, 0.1) is 11.7 Å². The van der Waals surface area contributed by atoms with Gasteiger partial charge in [-0.2, -0.15) is 0 Å². The second-order valence-corrected chi connectivity index (χ2v) is 8.33. The van der Waals surface area contributed by atoms with Crippen molar-refractivity contribution in [3.05, 3.63) is 64.4 Å². The van der Waals surface area contributed by atoms with E-state index in [1.54, 1.807) is 19.9 Å². The van der Waals surface area contributed by atoms with Gasteiger partial charge in [0.15, 0.2) is 0 Å². The first kappa shape index (κ1) is 25.3. The molecule has 0 aliphatic heterocycles. The van der Waals surface area contributed by atoms with Crippen molar-refractivity contribution in [3.8, 4) is 0 Å². The molecule has 0 heterocycles. The molecule has 2 aromatic carbocycles. The van der Waals surface area contributed by atoms with Crippen LogP contribution in [0.3, 0.4) is 0 Å². The van der Waals surface area contributed by atoms with Crippen molar-refractivity contribution in [1.29, 1.82) is 0 Å². The molecule has 0 bridgehead atoms. The maximum atomic E-state index is 13.9. The highest BCUT2D eigenvalue weighted by Crippen LogP contribution is 2.24. The van der Waals surface area contributed by atoms with Crippen LogP contribution in [-0.4, -0.2) is 55.8 Å². The Balaban J connectivity index is 2.13. The number of carbonyl (C=O) groups excluding carboxylic acids is 3. The summed E-state index contributed by atoms with van der Waals surface area (Å²) in [4.78, 5) is 39.7. The van der Waals surface area contributed by atoms with Crippen molar-refractivity contribution < 1.29 is 18.8 Å². The number of benzene rings is 2. The van der Waals surface area contributed by atoms with Crippen LogP contribution in [0.4, 0.5) is 10.1 Å². The molecule has 32 heavy (non-hydrogen) atoms. The summed E-state index contributed by atoms with van der Waals surface area (Å²) in [6.07, 6.45) is 0. The molecule has 0 unspecified atom stereocenters. The molecule has 2 rings (SSSR count). The van der Waals surface area contributed by atoms with Gasteiger partial charge in [0, 0.05) is 18.7 Å². The minimum Gasteiger partial charge on any atom is -0.351 e. The molecule has 0 aromatic heterocycles. The number of likely N-dealkylation sites (N-methyl/N-ethyl adjacent to an activating group) is 1. The largest absolute Gasteiger partial charge is 0.351 e. The molecular formula is C23H28ClFN4O3. The second-order valence-electron chi connectivity index (χ2n) is 7.92. The Bertz CT molecular complexity index is 981. The minimum atomic E-state index is -0.948. The Morgan fingerprint density at radius 1 is 1.06 bits per heavy atom. The van der Waals surface area contributed by atoms with Gasteiger partial charge in [0.25, 0.3) is 11.8 Å². The second kappa shape index (κ2) is 11.6. The van der Waals surface area contributed by atoms with Gasteiger partial charge in [-0.25, -0.2) is 4.39 Å². The fourth-order valence-corrected chi connectivity index (χ4v) is 3.03. The molecule has 0 spiro atoms. The van der Waals surface area contributed by atoms with E-state index in [1.807, 2.05) is 19.0 Å². The van der Waals surface area contributed by atoms with Crippen LogP contribution in [0.5, 0.6) is 0 Å². The van der Waals surface area contributed by atoms with E-state index in [1.165, 1.54) is 36.4 Å². The van der Waals surface area contributed by atoms with Gasteiger partial charge < -0.3 is 20.9 Å². The number of rotatable bonds is 9. The maximum absolute atomic E-state index is 13.9. The summed E-state index contributed by atoms with van der Waals surface area (Å²) in [7, 11) is 3.80. The van der Waals surface area contributed by atoms with Crippen molar-refractivity contribution in [2.45, 2.75) is 19.9 Å². The van der Waals surface area contributed by atoms with Crippen LogP contribution >= 0.6 is 11.6 Å². The average molecular weight is 463 g/mol. The van der Waals surface area contributed by atoms with Gasteiger partial charge in [0.1, 0.15) is 11.9 Å². The third-order valence-corrected chi connectivity index (χ3v) is 5.01. The molecule has 1 atom stereocenters. The normalized spacial score (nSPS) is 11.9. The quantitative estimate of drug-likeness (QED) is 0.534. The molecule has 3 N–H and O–H groups in total. The SMILES string of the molecule is CC(C)[C@@H](NC(=O)c1ccccc1F)C(=O)Nc1cc(C(=O)NCCN(C)C)ccc1Cl. The van der Waals surface area contributed by atoms with E-state index in [4.69, 9.17) is 11.6 Å². The molecule has 0 aliphatic rings. The van der Waals surface area contributed by atoms with E-state index >= 15 is 0 Å². The summed E-state index contributed by atoms with van der Waals surface area (Å²) in [6, 6.07) is 9.13. The summed E-state index contributed by atoms with van der Waals surface area (Å²) in [5.74, 6) is -2.49. The van der Waals surface area contributed by atoms with Crippen LogP contribution in [0.1, 0.15) is 34.6 Å². The first-order chi connectivity index (χ1) is 15.1. The van der Waals surface area contributed by atoms with Crippen LogP contribution in [0.15, 0.2) is 42.5 Å². The third kappa shape index (κ3) is 7.03. The van der Waals surface area contributed by atoms with Gasteiger partial charge in [-0.1, -0.05) is 37.6 Å². The number of anilines is 1. The van der Waals surface area contributed by atoms with Gasteiger partial charge in [-0.05, 0) is 50.3 Å². The van der Waals surface area contributed by atoms with Gasteiger partial charge >= 0.3 is 0 Å². The predicted molar refractivity (Wildman–Crippen MR) is 123 cm³/mol. The van der Waals surface area contributed by atoms with Gasteiger partial charge in [0.05, 0.1) is 16.3 Å². The number of halogens is 2. The lowest BCUT2D eigenvalue weighted by atomic mass is 10.0. The molecule has 0 radical (unpaired) electrons. The van der Waals surface area contributed by atoms with Gasteiger partial charge in [-0.15, -0.1) is 0 Å². The van der Waals surface area contributed by atoms with Crippen LogP contribution < -0.4 is 16.0 Å². The fraction of sp³-hybridized carbons (Fsp3) is 0.348. The number of carbonyl (C=O) groups is 3. The van der Waals surface area contributed by atoms with Crippen LogP contribution in [0.25, 0.3) is 0 Å². The van der Waals surface area contributed by atoms with E-state index in [9.17, 15) is 18.8 Å². The smallest absolute Gasteiger partial charge is 0.254 e. The zero-order chi connectivity index (χ0) is 23.8. The lowest BCUT2D eigenvalue weighted by Gasteiger charge is -2.22. The molecule has 3 amide bonds. The summed E-state index contributed by atoms with van der Waals surface area (Å²) in [5.41, 5.74) is 0.419. The number of amides is 3. The van der Waals surface area contributed by atoms with Crippen LogP contribution in [-0.2, 0) is 4.79 Å². The molecule has 0 saturated heterocycles. The monoisotopic (exact) mass is 462 g/mol. The Labute approximate surface area is 192 Å². The number of hydrogen-bond acceptors (Lipinski definition) is 4. The summed E-state index contributed by atoms with van der Waals surface area (Å²) in [6.45, 7) is 4.65. The van der Waals surface area contributed by atoms with E-state index in [2.05, 4.69) is 16.0 Å². The number of nitrogens with zero attached hydrogens (tertiary/aromatic N) is 1. The Hall–Kier alpha value is -2.97. The van der Waals surface area contributed by atoms with Crippen LogP contribution in [0.2, 0.25) is 5.02 Å². The Morgan fingerprint density at radius 2 is 1.75 bits per heavy atom. The van der Waals surface area contributed by atoms with Gasteiger partial charge in [0.2, 0.25) is 5.91 Å².